The van der Waals surface area contributed by atoms with Crippen LogP contribution in [0.4, 0.5) is 0 Å². The number of para-hydroxylation sites is 1. The Hall–Kier alpha value is -1.63. The topological polar surface area (TPSA) is 63.1 Å². The van der Waals surface area contributed by atoms with Crippen molar-refractivity contribution in [3.05, 3.63) is 40.9 Å². The highest BCUT2D eigenvalue weighted by molar-refractivity contribution is 6.32. The molecule has 1 atom stereocenters. The first kappa shape index (κ1) is 19.7. The fourth-order valence-electron chi connectivity index (χ4n) is 2.93. The average molecular weight is 384 g/mol. The van der Waals surface area contributed by atoms with Crippen molar-refractivity contribution >= 4 is 29.9 Å². The smallest absolute Gasteiger partial charge is 0.293 e. The van der Waals surface area contributed by atoms with Gasteiger partial charge in [0.15, 0.2) is 0 Å². The van der Waals surface area contributed by atoms with Crippen LogP contribution in [0.2, 0.25) is 5.02 Å². The molecule has 136 valence electrons. The number of nitrogens with zero attached hydrogens (tertiary/aromatic N) is 4. The maximum atomic E-state index is 12.7. The van der Waals surface area contributed by atoms with E-state index < -0.39 is 0 Å². The number of aromatic nitrogens is 3. The van der Waals surface area contributed by atoms with E-state index in [-0.39, 0.29) is 30.2 Å². The largest absolute Gasteiger partial charge is 0.335 e. The van der Waals surface area contributed by atoms with E-state index in [1.807, 2.05) is 31.3 Å². The van der Waals surface area contributed by atoms with E-state index in [9.17, 15) is 4.79 Å². The number of aryl methyl sites for hydroxylation is 1. The molecule has 0 bridgehead atoms. The van der Waals surface area contributed by atoms with Crippen molar-refractivity contribution in [2.75, 3.05) is 20.1 Å². The van der Waals surface area contributed by atoms with Gasteiger partial charge < -0.3 is 10.2 Å². The van der Waals surface area contributed by atoms with Gasteiger partial charge in [-0.15, -0.1) is 17.5 Å². The van der Waals surface area contributed by atoms with Gasteiger partial charge >= 0.3 is 0 Å². The Labute approximate surface area is 159 Å². The van der Waals surface area contributed by atoms with Gasteiger partial charge in [0.2, 0.25) is 5.82 Å². The Morgan fingerprint density at radius 2 is 2.20 bits per heavy atom. The van der Waals surface area contributed by atoms with Crippen LogP contribution in [0, 0.1) is 0 Å². The number of benzene rings is 1. The van der Waals surface area contributed by atoms with Crippen LogP contribution in [0.1, 0.15) is 36.2 Å². The lowest BCUT2D eigenvalue weighted by atomic mass is 10.2. The number of hydrogen-bond acceptors (Lipinski definition) is 4. The summed E-state index contributed by atoms with van der Waals surface area (Å²) in [5, 5.41) is 8.32. The fourth-order valence-corrected chi connectivity index (χ4v) is 3.15. The summed E-state index contributed by atoms with van der Waals surface area (Å²) >= 11 is 6.29. The van der Waals surface area contributed by atoms with E-state index in [0.29, 0.717) is 5.02 Å². The van der Waals surface area contributed by atoms with Crippen molar-refractivity contribution in [1.29, 1.82) is 0 Å². The number of amides is 1. The average Bonchev–Trinajstić information content (AvgIpc) is 3.24. The van der Waals surface area contributed by atoms with Gasteiger partial charge in [0, 0.05) is 26.1 Å². The zero-order chi connectivity index (χ0) is 17.1. The van der Waals surface area contributed by atoms with Crippen molar-refractivity contribution < 1.29 is 4.79 Å². The van der Waals surface area contributed by atoms with E-state index in [0.717, 1.165) is 43.9 Å². The first-order valence-electron chi connectivity index (χ1n) is 8.30. The minimum Gasteiger partial charge on any atom is -0.335 e. The van der Waals surface area contributed by atoms with E-state index in [2.05, 4.69) is 22.3 Å². The molecule has 1 saturated heterocycles. The molecule has 1 amide bonds. The van der Waals surface area contributed by atoms with E-state index in [1.165, 1.54) is 0 Å². The van der Waals surface area contributed by atoms with Gasteiger partial charge in [0.25, 0.3) is 5.91 Å². The van der Waals surface area contributed by atoms with Crippen LogP contribution < -0.4 is 5.32 Å². The number of nitrogens with one attached hydrogen (secondary N) is 1. The third-order valence-corrected chi connectivity index (χ3v) is 4.64. The minimum atomic E-state index is -0.146. The Morgan fingerprint density at radius 3 is 2.84 bits per heavy atom. The molecule has 1 fully saturated rings. The molecule has 0 aliphatic carbocycles. The summed E-state index contributed by atoms with van der Waals surface area (Å²) in [7, 11) is 1.82. The van der Waals surface area contributed by atoms with Gasteiger partial charge in [-0.1, -0.05) is 30.7 Å². The number of carbonyl (C=O) groups is 1. The molecule has 1 aliphatic heterocycles. The quantitative estimate of drug-likeness (QED) is 0.861. The Morgan fingerprint density at radius 1 is 1.44 bits per heavy atom. The molecule has 25 heavy (non-hydrogen) atoms. The van der Waals surface area contributed by atoms with Gasteiger partial charge in [-0.2, -0.15) is 0 Å². The van der Waals surface area contributed by atoms with Crippen LogP contribution in [0.3, 0.4) is 0 Å². The number of rotatable bonds is 5. The maximum Gasteiger partial charge on any atom is 0.293 e. The zero-order valence-electron chi connectivity index (χ0n) is 14.4. The summed E-state index contributed by atoms with van der Waals surface area (Å²) in [6, 6.07) is 7.66. The molecule has 8 heteroatoms. The summed E-state index contributed by atoms with van der Waals surface area (Å²) in [6.07, 6.45) is 2.61. The lowest BCUT2D eigenvalue weighted by Crippen LogP contribution is -2.38. The highest BCUT2D eigenvalue weighted by Crippen LogP contribution is 2.21. The summed E-state index contributed by atoms with van der Waals surface area (Å²) in [6.45, 7) is 3.82. The van der Waals surface area contributed by atoms with Crippen molar-refractivity contribution in [3.8, 4) is 5.69 Å². The molecule has 1 aromatic carbocycles. The van der Waals surface area contributed by atoms with Crippen LogP contribution in [0.5, 0.6) is 0 Å². The van der Waals surface area contributed by atoms with E-state index in [1.54, 1.807) is 9.58 Å². The molecule has 1 aliphatic rings. The first-order valence-corrected chi connectivity index (χ1v) is 8.68. The molecule has 0 saturated carbocycles. The fraction of sp³-hybridized carbons (Fsp3) is 0.471. The predicted molar refractivity (Wildman–Crippen MR) is 101 cm³/mol. The molecule has 3 rings (SSSR count). The first-order chi connectivity index (χ1) is 11.6. The van der Waals surface area contributed by atoms with Crippen molar-refractivity contribution in [1.82, 2.24) is 25.0 Å². The Kier molecular flexibility index (Phi) is 6.81. The van der Waals surface area contributed by atoms with Crippen LogP contribution >= 0.6 is 24.0 Å². The molecule has 1 N–H and O–H groups in total. The molecule has 6 nitrogen and oxygen atoms in total. The molecule has 2 aromatic rings. The van der Waals surface area contributed by atoms with Crippen LogP contribution in [-0.2, 0) is 6.42 Å². The molecular formula is C17H23Cl2N5O. The van der Waals surface area contributed by atoms with Crippen LogP contribution in [-0.4, -0.2) is 51.8 Å². The summed E-state index contributed by atoms with van der Waals surface area (Å²) in [5.74, 6) is 0.839. The van der Waals surface area contributed by atoms with Gasteiger partial charge in [0.05, 0.1) is 10.7 Å². The van der Waals surface area contributed by atoms with Crippen LogP contribution in [0.15, 0.2) is 24.3 Å². The Bertz CT molecular complexity index is 728. The molecule has 0 spiro atoms. The summed E-state index contributed by atoms with van der Waals surface area (Å²) in [4.78, 5) is 19.0. The number of likely N-dealkylation sites (N-methyl/N-ethyl adjacent to an activating group) is 1. The summed E-state index contributed by atoms with van der Waals surface area (Å²) < 4.78 is 1.69. The second kappa shape index (κ2) is 8.65. The van der Waals surface area contributed by atoms with E-state index in [4.69, 9.17) is 11.6 Å². The standard InChI is InChI=1S/C17H22ClN5O.ClH/c1-3-6-15-20-16(17(24)22(2)12-9-10-19-11-12)21-23(15)14-8-5-4-7-13(14)18;/h4-5,7-8,12,19H,3,6,9-11H2,1-2H3;1H. The van der Waals surface area contributed by atoms with Gasteiger partial charge in [0.1, 0.15) is 5.82 Å². The minimum absolute atomic E-state index is 0. The van der Waals surface area contributed by atoms with Crippen molar-refractivity contribution in [3.63, 3.8) is 0 Å². The third-order valence-electron chi connectivity index (χ3n) is 4.32. The lowest BCUT2D eigenvalue weighted by molar-refractivity contribution is 0.0731. The predicted octanol–water partition coefficient (Wildman–Crippen LogP) is 2.73. The molecule has 2 heterocycles. The second-order valence-corrected chi connectivity index (χ2v) is 6.43. The van der Waals surface area contributed by atoms with Crippen LogP contribution in [0.25, 0.3) is 5.69 Å². The van der Waals surface area contributed by atoms with E-state index >= 15 is 0 Å². The third kappa shape index (κ3) is 4.14. The van der Waals surface area contributed by atoms with Gasteiger partial charge in [-0.05, 0) is 31.5 Å². The number of hydrogen-bond donors (Lipinski definition) is 1. The Balaban J connectivity index is 0.00000225. The number of halogens is 2. The normalized spacial score (nSPS) is 16.5. The van der Waals surface area contributed by atoms with Gasteiger partial charge in [-0.25, -0.2) is 9.67 Å². The molecule has 1 aromatic heterocycles. The maximum absolute atomic E-state index is 12.7. The number of carbonyl (C=O) groups excluding carboxylic acids is 1. The molecular weight excluding hydrogens is 361 g/mol. The second-order valence-electron chi connectivity index (χ2n) is 6.03. The highest BCUT2D eigenvalue weighted by atomic mass is 35.5. The molecule has 1 unspecified atom stereocenters. The molecule has 0 radical (unpaired) electrons. The van der Waals surface area contributed by atoms with Crippen molar-refractivity contribution in [2.45, 2.75) is 32.2 Å². The SMILES string of the molecule is CCCc1nc(C(=O)N(C)C2CCNC2)nn1-c1ccccc1Cl.Cl. The summed E-state index contributed by atoms with van der Waals surface area (Å²) in [5.41, 5.74) is 0.749. The monoisotopic (exact) mass is 383 g/mol. The lowest BCUT2D eigenvalue weighted by Gasteiger charge is -2.22. The van der Waals surface area contributed by atoms with Gasteiger partial charge in [-0.3, -0.25) is 4.79 Å². The highest BCUT2D eigenvalue weighted by Gasteiger charge is 2.27. The van der Waals surface area contributed by atoms with Crippen molar-refractivity contribution in [2.24, 2.45) is 0 Å². The zero-order valence-corrected chi connectivity index (χ0v) is 16.0.